The van der Waals surface area contributed by atoms with Crippen LogP contribution in [-0.4, -0.2) is 62.9 Å². The summed E-state index contributed by atoms with van der Waals surface area (Å²) in [7, 11) is -3.07. The van der Waals surface area contributed by atoms with Gasteiger partial charge < -0.3 is 4.79 Å². The van der Waals surface area contributed by atoms with E-state index >= 15 is 0 Å². The summed E-state index contributed by atoms with van der Waals surface area (Å²) in [6.45, 7) is 7.25. The average Bonchev–Trinajstić information content (AvgIpc) is 2.29. The van der Waals surface area contributed by atoms with Gasteiger partial charge in [0, 0.05) is 38.1 Å². The molecule has 1 saturated heterocycles. The molecule has 0 aromatic rings. The van der Waals surface area contributed by atoms with E-state index in [-0.39, 0.29) is 5.41 Å². The van der Waals surface area contributed by atoms with Crippen LogP contribution in [0.3, 0.4) is 0 Å². The van der Waals surface area contributed by atoms with Gasteiger partial charge in [-0.05, 0) is 6.42 Å². The molecule has 0 aromatic heterocycles. The van der Waals surface area contributed by atoms with Crippen molar-refractivity contribution in [2.24, 2.45) is 5.41 Å². The molecule has 0 aliphatic carbocycles. The molecule has 1 atom stereocenters. The highest BCUT2D eigenvalue weighted by molar-refractivity contribution is 7.88. The number of hydrogen-bond acceptors (Lipinski definition) is 4. The first kappa shape index (κ1) is 15.6. The summed E-state index contributed by atoms with van der Waals surface area (Å²) in [5.74, 6) is 0. The molecule has 0 N–H and O–H groups in total. The van der Waals surface area contributed by atoms with Crippen LogP contribution in [0.1, 0.15) is 26.7 Å². The average molecular weight is 276 g/mol. The van der Waals surface area contributed by atoms with Gasteiger partial charge in [0.25, 0.3) is 0 Å². The summed E-state index contributed by atoms with van der Waals surface area (Å²) < 4.78 is 24.3. The quantitative estimate of drug-likeness (QED) is 0.666. The molecule has 0 spiro atoms. The van der Waals surface area contributed by atoms with Gasteiger partial charge >= 0.3 is 0 Å². The van der Waals surface area contributed by atoms with Gasteiger partial charge in [0.1, 0.15) is 6.29 Å². The maximum absolute atomic E-state index is 11.4. The molecular formula is C12H24N2O3S. The largest absolute Gasteiger partial charge is 0.303 e. The second kappa shape index (κ2) is 6.12. The van der Waals surface area contributed by atoms with E-state index in [2.05, 4.69) is 11.8 Å². The van der Waals surface area contributed by atoms with E-state index in [0.29, 0.717) is 26.2 Å². The van der Waals surface area contributed by atoms with Gasteiger partial charge in [-0.15, -0.1) is 0 Å². The molecule has 6 heteroatoms. The minimum Gasteiger partial charge on any atom is -0.303 e. The van der Waals surface area contributed by atoms with E-state index in [1.165, 1.54) is 10.6 Å². The molecule has 18 heavy (non-hydrogen) atoms. The fraction of sp³-hybridized carbons (Fsp3) is 0.917. The molecule has 1 aliphatic rings. The number of aldehydes is 1. The number of carbonyl (C=O) groups excluding carboxylic acids is 1. The number of rotatable bonds is 6. The Morgan fingerprint density at radius 3 is 2.17 bits per heavy atom. The SMILES string of the molecule is CCCC(C)(C=O)CN1CCN(S(C)(=O)=O)CC1. The van der Waals surface area contributed by atoms with E-state index < -0.39 is 10.0 Å². The Morgan fingerprint density at radius 1 is 1.22 bits per heavy atom. The molecule has 1 heterocycles. The Hall–Kier alpha value is -0.460. The summed E-state index contributed by atoms with van der Waals surface area (Å²) in [5, 5.41) is 0. The Bertz CT molecular complexity index is 375. The number of carbonyl (C=O) groups is 1. The lowest BCUT2D eigenvalue weighted by Gasteiger charge is -2.37. The van der Waals surface area contributed by atoms with Crippen LogP contribution in [0, 0.1) is 5.41 Å². The third-order valence-electron chi connectivity index (χ3n) is 3.49. The zero-order chi connectivity index (χ0) is 13.8. The topological polar surface area (TPSA) is 57.7 Å². The first-order chi connectivity index (χ1) is 8.30. The van der Waals surface area contributed by atoms with E-state index in [4.69, 9.17) is 0 Å². The zero-order valence-electron chi connectivity index (χ0n) is 11.6. The van der Waals surface area contributed by atoms with Crippen LogP contribution in [-0.2, 0) is 14.8 Å². The highest BCUT2D eigenvalue weighted by Crippen LogP contribution is 2.22. The summed E-state index contributed by atoms with van der Waals surface area (Å²) in [6, 6.07) is 0. The highest BCUT2D eigenvalue weighted by Gasteiger charge is 2.29. The van der Waals surface area contributed by atoms with Gasteiger partial charge in [0.15, 0.2) is 0 Å². The lowest BCUT2D eigenvalue weighted by atomic mass is 9.86. The number of hydrogen-bond donors (Lipinski definition) is 0. The van der Waals surface area contributed by atoms with Crippen molar-refractivity contribution in [2.45, 2.75) is 26.7 Å². The monoisotopic (exact) mass is 276 g/mol. The third kappa shape index (κ3) is 4.33. The molecule has 1 fully saturated rings. The van der Waals surface area contributed by atoms with Crippen molar-refractivity contribution in [1.82, 2.24) is 9.21 Å². The standard InChI is InChI=1S/C12H24N2O3S/c1-4-5-12(2,11-15)10-13-6-8-14(9-7-13)18(3,16)17/h11H,4-10H2,1-3H3. The molecule has 0 radical (unpaired) electrons. The summed E-state index contributed by atoms with van der Waals surface area (Å²) in [4.78, 5) is 13.4. The minimum atomic E-state index is -3.07. The van der Waals surface area contributed by atoms with E-state index in [1.807, 2.05) is 6.92 Å². The van der Waals surface area contributed by atoms with E-state index in [9.17, 15) is 13.2 Å². The van der Waals surface area contributed by atoms with Crippen molar-refractivity contribution in [3.05, 3.63) is 0 Å². The lowest BCUT2D eigenvalue weighted by molar-refractivity contribution is -0.117. The first-order valence-electron chi connectivity index (χ1n) is 6.44. The van der Waals surface area contributed by atoms with Gasteiger partial charge in [-0.1, -0.05) is 20.3 Å². The molecule has 0 amide bonds. The number of piperazine rings is 1. The van der Waals surface area contributed by atoms with Crippen LogP contribution < -0.4 is 0 Å². The fourth-order valence-electron chi connectivity index (χ4n) is 2.48. The maximum atomic E-state index is 11.4. The Kier molecular flexibility index (Phi) is 5.31. The summed E-state index contributed by atoms with van der Waals surface area (Å²) >= 11 is 0. The maximum Gasteiger partial charge on any atom is 0.211 e. The predicted octanol–water partition coefficient (Wildman–Crippen LogP) is 0.569. The van der Waals surface area contributed by atoms with Crippen molar-refractivity contribution in [1.29, 1.82) is 0 Å². The second-order valence-corrected chi connectivity index (χ2v) is 7.44. The van der Waals surface area contributed by atoms with Crippen LogP contribution in [0.5, 0.6) is 0 Å². The van der Waals surface area contributed by atoms with Gasteiger partial charge in [-0.3, -0.25) is 4.90 Å². The number of nitrogens with zero attached hydrogens (tertiary/aromatic N) is 2. The van der Waals surface area contributed by atoms with Crippen LogP contribution in [0.2, 0.25) is 0 Å². The van der Waals surface area contributed by atoms with E-state index in [1.54, 1.807) is 0 Å². The van der Waals surface area contributed by atoms with Crippen molar-refractivity contribution < 1.29 is 13.2 Å². The summed E-state index contributed by atoms with van der Waals surface area (Å²) in [5.41, 5.74) is -0.304. The van der Waals surface area contributed by atoms with Crippen molar-refractivity contribution in [2.75, 3.05) is 39.0 Å². The molecule has 0 bridgehead atoms. The molecule has 0 saturated carbocycles. The van der Waals surface area contributed by atoms with Crippen LogP contribution in [0.4, 0.5) is 0 Å². The molecule has 1 unspecified atom stereocenters. The Balaban J connectivity index is 2.51. The number of sulfonamides is 1. The minimum absolute atomic E-state index is 0.304. The van der Waals surface area contributed by atoms with Gasteiger partial charge in [0.05, 0.1) is 6.26 Å². The summed E-state index contributed by atoms with van der Waals surface area (Å²) in [6.07, 6.45) is 4.15. The molecule has 1 rings (SSSR count). The first-order valence-corrected chi connectivity index (χ1v) is 8.29. The predicted molar refractivity (Wildman–Crippen MR) is 71.9 cm³/mol. The van der Waals surface area contributed by atoms with Crippen LogP contribution >= 0.6 is 0 Å². The molecular weight excluding hydrogens is 252 g/mol. The van der Waals surface area contributed by atoms with Crippen molar-refractivity contribution in [3.63, 3.8) is 0 Å². The molecule has 5 nitrogen and oxygen atoms in total. The van der Waals surface area contributed by atoms with Crippen molar-refractivity contribution >= 4 is 16.3 Å². The van der Waals surface area contributed by atoms with Crippen LogP contribution in [0.25, 0.3) is 0 Å². The third-order valence-corrected chi connectivity index (χ3v) is 4.79. The second-order valence-electron chi connectivity index (χ2n) is 5.46. The molecule has 1 aliphatic heterocycles. The lowest BCUT2D eigenvalue weighted by Crippen LogP contribution is -2.51. The van der Waals surface area contributed by atoms with Crippen LogP contribution in [0.15, 0.2) is 0 Å². The Morgan fingerprint density at radius 2 is 1.78 bits per heavy atom. The molecule has 0 aromatic carbocycles. The van der Waals surface area contributed by atoms with Crippen molar-refractivity contribution in [3.8, 4) is 0 Å². The fourth-order valence-corrected chi connectivity index (χ4v) is 3.30. The van der Waals surface area contributed by atoms with Gasteiger partial charge in [-0.2, -0.15) is 4.31 Å². The van der Waals surface area contributed by atoms with Gasteiger partial charge in [-0.25, -0.2) is 8.42 Å². The smallest absolute Gasteiger partial charge is 0.211 e. The zero-order valence-corrected chi connectivity index (χ0v) is 12.4. The van der Waals surface area contributed by atoms with E-state index in [0.717, 1.165) is 25.7 Å². The normalized spacial score (nSPS) is 22.6. The highest BCUT2D eigenvalue weighted by atomic mass is 32.2. The Labute approximate surface area is 110 Å². The van der Waals surface area contributed by atoms with Gasteiger partial charge in [0.2, 0.25) is 10.0 Å². The molecule has 106 valence electrons.